The van der Waals surface area contributed by atoms with Crippen LogP contribution in [0.15, 0.2) is 54.6 Å². The van der Waals surface area contributed by atoms with Gasteiger partial charge in [-0.1, -0.05) is 48.0 Å². The minimum Gasteiger partial charge on any atom is -0.365 e. The summed E-state index contributed by atoms with van der Waals surface area (Å²) in [4.78, 5) is 27.8. The van der Waals surface area contributed by atoms with Gasteiger partial charge in [0.15, 0.2) is 0 Å². The molecule has 1 N–H and O–H groups in total. The summed E-state index contributed by atoms with van der Waals surface area (Å²) < 4.78 is 0. The lowest BCUT2D eigenvalue weighted by Gasteiger charge is -2.36. The van der Waals surface area contributed by atoms with Gasteiger partial charge in [-0.3, -0.25) is 9.59 Å². The Morgan fingerprint density at radius 1 is 1.00 bits per heavy atom. The van der Waals surface area contributed by atoms with E-state index in [0.717, 1.165) is 11.3 Å². The summed E-state index contributed by atoms with van der Waals surface area (Å²) in [5, 5.41) is 3.50. The van der Waals surface area contributed by atoms with Crippen LogP contribution in [0.25, 0.3) is 6.08 Å². The molecule has 5 nitrogen and oxygen atoms in total. The number of hydrogen-bond acceptors (Lipinski definition) is 3. The maximum absolute atomic E-state index is 12.4. The Morgan fingerprint density at radius 2 is 1.70 bits per heavy atom. The fourth-order valence-electron chi connectivity index (χ4n) is 3.09. The van der Waals surface area contributed by atoms with E-state index in [-0.39, 0.29) is 11.8 Å². The summed E-state index contributed by atoms with van der Waals surface area (Å²) in [5.74, 6) is -0.141. The molecule has 0 radical (unpaired) electrons. The largest absolute Gasteiger partial charge is 0.365 e. The molecule has 0 aliphatic carbocycles. The standard InChI is InChI=1S/C21H22ClN3O2/c1-16(26)24-12-14-25(15-13-24)21-18(22)8-5-9-19(21)23-20(27)11-10-17-6-3-2-4-7-17/h2-11H,12-15H2,1H3,(H,23,27)/b11-10+. The quantitative estimate of drug-likeness (QED) is 0.820. The highest BCUT2D eigenvalue weighted by atomic mass is 35.5. The second-order valence-corrected chi connectivity index (χ2v) is 6.77. The number of amides is 2. The number of nitrogens with one attached hydrogen (secondary N) is 1. The SMILES string of the molecule is CC(=O)N1CCN(c2c(Cl)cccc2NC(=O)/C=C/c2ccccc2)CC1. The molecule has 1 saturated heterocycles. The van der Waals surface area contributed by atoms with Gasteiger partial charge in [0.25, 0.3) is 0 Å². The molecule has 0 atom stereocenters. The average Bonchev–Trinajstić information content (AvgIpc) is 2.67. The predicted molar refractivity (Wildman–Crippen MR) is 110 cm³/mol. The van der Waals surface area contributed by atoms with Crippen LogP contribution in [0.4, 0.5) is 11.4 Å². The normalized spacial score (nSPS) is 14.4. The van der Waals surface area contributed by atoms with Crippen molar-refractivity contribution in [1.29, 1.82) is 0 Å². The van der Waals surface area contributed by atoms with E-state index < -0.39 is 0 Å². The van der Waals surface area contributed by atoms with Gasteiger partial charge in [0.05, 0.1) is 16.4 Å². The summed E-state index contributed by atoms with van der Waals surface area (Å²) >= 11 is 6.43. The monoisotopic (exact) mass is 383 g/mol. The van der Waals surface area contributed by atoms with Crippen molar-refractivity contribution in [1.82, 2.24) is 4.90 Å². The maximum Gasteiger partial charge on any atom is 0.248 e. The van der Waals surface area contributed by atoms with Crippen molar-refractivity contribution in [3.05, 3.63) is 65.2 Å². The van der Waals surface area contributed by atoms with Crippen LogP contribution in [0.5, 0.6) is 0 Å². The zero-order valence-electron chi connectivity index (χ0n) is 15.2. The molecule has 1 aliphatic heterocycles. The van der Waals surface area contributed by atoms with Crippen molar-refractivity contribution in [2.24, 2.45) is 0 Å². The molecule has 0 aromatic heterocycles. The first kappa shape index (κ1) is 19.0. The summed E-state index contributed by atoms with van der Waals surface area (Å²) in [6, 6.07) is 15.1. The van der Waals surface area contributed by atoms with E-state index in [1.54, 1.807) is 13.0 Å². The lowest BCUT2D eigenvalue weighted by Crippen LogP contribution is -2.48. The number of benzene rings is 2. The van der Waals surface area contributed by atoms with Crippen LogP contribution >= 0.6 is 11.6 Å². The lowest BCUT2D eigenvalue weighted by molar-refractivity contribution is -0.129. The predicted octanol–water partition coefficient (Wildman–Crippen LogP) is 3.66. The van der Waals surface area contributed by atoms with E-state index >= 15 is 0 Å². The van der Waals surface area contributed by atoms with E-state index in [9.17, 15) is 9.59 Å². The van der Waals surface area contributed by atoms with Crippen molar-refractivity contribution in [2.75, 3.05) is 36.4 Å². The molecule has 3 rings (SSSR count). The van der Waals surface area contributed by atoms with E-state index in [4.69, 9.17) is 11.6 Å². The molecule has 2 aromatic rings. The molecule has 1 fully saturated rings. The van der Waals surface area contributed by atoms with Gasteiger partial charge in [-0.05, 0) is 23.8 Å². The van der Waals surface area contributed by atoms with Crippen molar-refractivity contribution < 1.29 is 9.59 Å². The molecule has 27 heavy (non-hydrogen) atoms. The van der Waals surface area contributed by atoms with Gasteiger partial charge in [-0.15, -0.1) is 0 Å². The Hall–Kier alpha value is -2.79. The number of carbonyl (C=O) groups excluding carboxylic acids is 2. The third kappa shape index (κ3) is 4.89. The number of piperazine rings is 1. The second kappa shape index (κ2) is 8.73. The number of rotatable bonds is 4. The summed E-state index contributed by atoms with van der Waals surface area (Å²) in [6.45, 7) is 4.21. The molecule has 1 heterocycles. The Labute approximate surface area is 164 Å². The van der Waals surface area contributed by atoms with Gasteiger partial charge in [-0.2, -0.15) is 0 Å². The Balaban J connectivity index is 1.73. The van der Waals surface area contributed by atoms with Gasteiger partial charge in [0, 0.05) is 39.2 Å². The van der Waals surface area contributed by atoms with E-state index in [1.807, 2.05) is 53.4 Å². The minimum atomic E-state index is -0.218. The first-order valence-corrected chi connectivity index (χ1v) is 9.25. The van der Waals surface area contributed by atoms with Gasteiger partial charge in [0.1, 0.15) is 0 Å². The molecule has 0 saturated carbocycles. The molecule has 140 valence electrons. The third-order valence-electron chi connectivity index (χ3n) is 4.51. The van der Waals surface area contributed by atoms with Gasteiger partial charge in [0.2, 0.25) is 11.8 Å². The molecule has 0 bridgehead atoms. The smallest absolute Gasteiger partial charge is 0.248 e. The number of anilines is 2. The fraction of sp³-hybridized carbons (Fsp3) is 0.238. The lowest BCUT2D eigenvalue weighted by atomic mass is 10.2. The van der Waals surface area contributed by atoms with E-state index in [0.29, 0.717) is 36.9 Å². The number of halogens is 1. The highest BCUT2D eigenvalue weighted by Gasteiger charge is 2.22. The third-order valence-corrected chi connectivity index (χ3v) is 4.82. The molecule has 0 unspecified atom stereocenters. The molecule has 2 amide bonds. The minimum absolute atomic E-state index is 0.0772. The molecule has 1 aliphatic rings. The Bertz CT molecular complexity index is 844. The molecular weight excluding hydrogens is 362 g/mol. The van der Waals surface area contributed by atoms with Gasteiger partial charge < -0.3 is 15.1 Å². The van der Waals surface area contributed by atoms with Gasteiger partial charge >= 0.3 is 0 Å². The van der Waals surface area contributed by atoms with Crippen molar-refractivity contribution in [3.63, 3.8) is 0 Å². The van der Waals surface area contributed by atoms with Crippen LogP contribution in [-0.4, -0.2) is 42.9 Å². The first-order chi connectivity index (χ1) is 13.0. The number of para-hydroxylation sites is 1. The maximum atomic E-state index is 12.4. The second-order valence-electron chi connectivity index (χ2n) is 6.36. The van der Waals surface area contributed by atoms with Crippen LogP contribution in [-0.2, 0) is 9.59 Å². The molecular formula is C21H22ClN3O2. The van der Waals surface area contributed by atoms with Crippen LogP contribution in [0.2, 0.25) is 5.02 Å². The van der Waals surface area contributed by atoms with Crippen molar-refractivity contribution in [2.45, 2.75) is 6.92 Å². The number of nitrogens with zero attached hydrogens (tertiary/aromatic N) is 2. The average molecular weight is 384 g/mol. The summed E-state index contributed by atoms with van der Waals surface area (Å²) in [5.41, 5.74) is 2.42. The van der Waals surface area contributed by atoms with Crippen LogP contribution < -0.4 is 10.2 Å². The zero-order valence-corrected chi connectivity index (χ0v) is 15.9. The zero-order chi connectivity index (χ0) is 19.2. The molecule has 0 spiro atoms. The van der Waals surface area contributed by atoms with E-state index in [2.05, 4.69) is 10.2 Å². The topological polar surface area (TPSA) is 52.7 Å². The van der Waals surface area contributed by atoms with Crippen molar-refractivity contribution in [3.8, 4) is 0 Å². The number of carbonyl (C=O) groups is 2. The summed E-state index contributed by atoms with van der Waals surface area (Å²) in [6.07, 6.45) is 3.28. The summed E-state index contributed by atoms with van der Waals surface area (Å²) in [7, 11) is 0. The van der Waals surface area contributed by atoms with Crippen molar-refractivity contribution >= 4 is 40.9 Å². The van der Waals surface area contributed by atoms with Crippen LogP contribution in [0.1, 0.15) is 12.5 Å². The number of hydrogen-bond donors (Lipinski definition) is 1. The van der Waals surface area contributed by atoms with E-state index in [1.165, 1.54) is 6.08 Å². The highest BCUT2D eigenvalue weighted by Crippen LogP contribution is 2.34. The molecule has 2 aromatic carbocycles. The molecule has 6 heteroatoms. The Morgan fingerprint density at radius 3 is 2.37 bits per heavy atom. The fourth-order valence-corrected chi connectivity index (χ4v) is 3.39. The van der Waals surface area contributed by atoms with Gasteiger partial charge in [-0.25, -0.2) is 0 Å². The first-order valence-electron chi connectivity index (χ1n) is 8.87. The highest BCUT2D eigenvalue weighted by molar-refractivity contribution is 6.34. The van der Waals surface area contributed by atoms with Crippen LogP contribution in [0.3, 0.4) is 0 Å². The Kier molecular flexibility index (Phi) is 6.14. The van der Waals surface area contributed by atoms with Crippen LogP contribution in [0, 0.1) is 0 Å².